The van der Waals surface area contributed by atoms with Gasteiger partial charge in [-0.15, -0.1) is 0 Å². The predicted octanol–water partition coefficient (Wildman–Crippen LogP) is 3.80. The monoisotopic (exact) mass is 479 g/mol. The summed E-state index contributed by atoms with van der Waals surface area (Å²) in [6.07, 6.45) is 1.54. The van der Waals surface area contributed by atoms with Crippen LogP contribution in [0.25, 0.3) is 0 Å². The number of carbonyl (C=O) groups is 2. The van der Waals surface area contributed by atoms with Gasteiger partial charge in [-0.1, -0.05) is 18.2 Å². The molecule has 0 unspecified atom stereocenters. The first-order valence-corrected chi connectivity index (χ1v) is 12.3. The third-order valence-corrected chi connectivity index (χ3v) is 6.84. The SMILES string of the molecule is COc1ccc(NS(=O)(=O)c2cccc(NC(=O)Cc3ccc(N4CCCC4=O)cc3)c2)cc1. The van der Waals surface area contributed by atoms with Crippen LogP contribution in [0.4, 0.5) is 17.1 Å². The smallest absolute Gasteiger partial charge is 0.261 e. The van der Waals surface area contributed by atoms with E-state index in [4.69, 9.17) is 4.74 Å². The highest BCUT2D eigenvalue weighted by Crippen LogP contribution is 2.23. The molecule has 3 aromatic rings. The van der Waals surface area contributed by atoms with Crippen LogP contribution in [0, 0.1) is 0 Å². The van der Waals surface area contributed by atoms with E-state index < -0.39 is 10.0 Å². The number of amides is 2. The molecule has 0 aliphatic carbocycles. The van der Waals surface area contributed by atoms with Gasteiger partial charge in [-0.3, -0.25) is 14.3 Å². The second kappa shape index (κ2) is 9.96. The van der Waals surface area contributed by atoms with E-state index >= 15 is 0 Å². The van der Waals surface area contributed by atoms with Crippen LogP contribution in [-0.2, 0) is 26.0 Å². The van der Waals surface area contributed by atoms with Crippen molar-refractivity contribution < 1.29 is 22.7 Å². The second-order valence-electron chi connectivity index (χ2n) is 7.90. The fourth-order valence-electron chi connectivity index (χ4n) is 3.72. The molecule has 1 saturated heterocycles. The van der Waals surface area contributed by atoms with Gasteiger partial charge in [0.15, 0.2) is 0 Å². The van der Waals surface area contributed by atoms with E-state index in [0.29, 0.717) is 30.1 Å². The zero-order valence-electron chi connectivity index (χ0n) is 18.7. The molecule has 1 aliphatic rings. The van der Waals surface area contributed by atoms with Gasteiger partial charge in [0.1, 0.15) is 5.75 Å². The van der Waals surface area contributed by atoms with Crippen molar-refractivity contribution in [2.45, 2.75) is 24.2 Å². The molecule has 4 rings (SSSR count). The van der Waals surface area contributed by atoms with Crippen molar-refractivity contribution in [1.82, 2.24) is 0 Å². The molecular formula is C25H25N3O5S. The summed E-state index contributed by atoms with van der Waals surface area (Å²) in [6.45, 7) is 0.714. The Kier molecular flexibility index (Phi) is 6.83. The summed E-state index contributed by atoms with van der Waals surface area (Å²) in [6, 6.07) is 19.9. The molecule has 1 heterocycles. The van der Waals surface area contributed by atoms with Gasteiger partial charge in [-0.05, 0) is 66.6 Å². The summed E-state index contributed by atoms with van der Waals surface area (Å²) >= 11 is 0. The molecular weight excluding hydrogens is 454 g/mol. The Morgan fingerprint density at radius 1 is 1.00 bits per heavy atom. The predicted molar refractivity (Wildman–Crippen MR) is 131 cm³/mol. The van der Waals surface area contributed by atoms with Gasteiger partial charge in [-0.25, -0.2) is 8.42 Å². The van der Waals surface area contributed by atoms with E-state index in [2.05, 4.69) is 10.0 Å². The molecule has 1 aliphatic heterocycles. The average Bonchev–Trinajstić information content (AvgIpc) is 3.26. The number of benzene rings is 3. The Morgan fingerprint density at radius 3 is 2.38 bits per heavy atom. The van der Waals surface area contributed by atoms with Crippen LogP contribution in [0.1, 0.15) is 18.4 Å². The number of nitrogens with zero attached hydrogens (tertiary/aromatic N) is 1. The molecule has 0 spiro atoms. The van der Waals surface area contributed by atoms with E-state index in [9.17, 15) is 18.0 Å². The van der Waals surface area contributed by atoms with Crippen molar-refractivity contribution in [2.75, 3.05) is 28.6 Å². The summed E-state index contributed by atoms with van der Waals surface area (Å²) in [5, 5.41) is 2.75. The van der Waals surface area contributed by atoms with E-state index in [0.717, 1.165) is 17.7 Å². The Balaban J connectivity index is 1.39. The maximum absolute atomic E-state index is 12.8. The van der Waals surface area contributed by atoms with Gasteiger partial charge in [0, 0.05) is 30.0 Å². The van der Waals surface area contributed by atoms with Crippen LogP contribution in [0.2, 0.25) is 0 Å². The molecule has 3 aromatic carbocycles. The molecule has 9 heteroatoms. The number of hydrogen-bond donors (Lipinski definition) is 2. The molecule has 0 bridgehead atoms. The quantitative estimate of drug-likeness (QED) is 0.511. The zero-order chi connectivity index (χ0) is 24.1. The van der Waals surface area contributed by atoms with Crippen molar-refractivity contribution in [1.29, 1.82) is 0 Å². The fraction of sp³-hybridized carbons (Fsp3) is 0.200. The summed E-state index contributed by atoms with van der Waals surface area (Å²) in [7, 11) is -2.31. The molecule has 0 radical (unpaired) electrons. The van der Waals surface area contributed by atoms with Crippen molar-refractivity contribution in [3.05, 3.63) is 78.4 Å². The maximum atomic E-state index is 12.8. The number of carbonyl (C=O) groups excluding carboxylic acids is 2. The van der Waals surface area contributed by atoms with Crippen molar-refractivity contribution in [2.24, 2.45) is 0 Å². The summed E-state index contributed by atoms with van der Waals surface area (Å²) < 4.78 is 33.1. The lowest BCUT2D eigenvalue weighted by molar-refractivity contribution is -0.117. The molecule has 2 N–H and O–H groups in total. The summed E-state index contributed by atoms with van der Waals surface area (Å²) in [5.74, 6) is 0.455. The molecule has 1 fully saturated rings. The minimum atomic E-state index is -3.84. The largest absolute Gasteiger partial charge is 0.497 e. The number of sulfonamides is 1. The average molecular weight is 480 g/mol. The highest BCUT2D eigenvalue weighted by molar-refractivity contribution is 7.92. The number of methoxy groups -OCH3 is 1. The van der Waals surface area contributed by atoms with Gasteiger partial charge < -0.3 is 15.0 Å². The lowest BCUT2D eigenvalue weighted by Crippen LogP contribution is -2.23. The zero-order valence-corrected chi connectivity index (χ0v) is 19.5. The van der Waals surface area contributed by atoms with Crippen LogP contribution in [0.3, 0.4) is 0 Å². The third kappa shape index (κ3) is 5.55. The number of anilines is 3. The minimum absolute atomic E-state index is 0.0285. The van der Waals surface area contributed by atoms with Crippen LogP contribution in [0.15, 0.2) is 77.7 Å². The fourth-order valence-corrected chi connectivity index (χ4v) is 4.82. The standard InChI is InChI=1S/C25H25N3O5S/c1-33-22-13-9-19(10-14-22)27-34(31,32)23-5-2-4-20(17-23)26-24(29)16-18-7-11-21(12-8-18)28-15-3-6-25(28)30/h2,4-5,7-14,17,27H,3,6,15-16H2,1H3,(H,26,29). The van der Waals surface area contributed by atoms with E-state index in [-0.39, 0.29) is 23.1 Å². The Morgan fingerprint density at radius 2 is 1.74 bits per heavy atom. The van der Waals surface area contributed by atoms with Crippen molar-refractivity contribution in [3.63, 3.8) is 0 Å². The lowest BCUT2D eigenvalue weighted by atomic mass is 10.1. The Hall–Kier alpha value is -3.85. The van der Waals surface area contributed by atoms with Gasteiger partial charge in [-0.2, -0.15) is 0 Å². The molecule has 8 nitrogen and oxygen atoms in total. The molecule has 176 valence electrons. The number of nitrogens with one attached hydrogen (secondary N) is 2. The first-order chi connectivity index (χ1) is 16.3. The molecule has 0 saturated carbocycles. The minimum Gasteiger partial charge on any atom is -0.497 e. The van der Waals surface area contributed by atoms with Crippen molar-refractivity contribution in [3.8, 4) is 5.75 Å². The van der Waals surface area contributed by atoms with Crippen LogP contribution < -0.4 is 19.7 Å². The van der Waals surface area contributed by atoms with E-state index in [1.807, 2.05) is 24.3 Å². The first kappa shape index (κ1) is 23.3. The van der Waals surface area contributed by atoms with Crippen LogP contribution >= 0.6 is 0 Å². The topological polar surface area (TPSA) is 105 Å². The number of rotatable bonds is 8. The second-order valence-corrected chi connectivity index (χ2v) is 9.58. The normalized spacial score (nSPS) is 13.6. The van der Waals surface area contributed by atoms with Gasteiger partial charge in [0.2, 0.25) is 11.8 Å². The summed E-state index contributed by atoms with van der Waals surface area (Å²) in [5.41, 5.74) is 2.39. The van der Waals surface area contributed by atoms with Crippen LogP contribution in [0.5, 0.6) is 5.75 Å². The Bertz CT molecular complexity index is 1290. The van der Waals surface area contributed by atoms with Crippen molar-refractivity contribution >= 4 is 38.9 Å². The van der Waals surface area contributed by atoms with E-state index in [1.165, 1.54) is 19.2 Å². The number of hydrogen-bond acceptors (Lipinski definition) is 5. The van der Waals surface area contributed by atoms with Gasteiger partial charge in [0.25, 0.3) is 10.0 Å². The number of ether oxygens (including phenoxy) is 1. The van der Waals surface area contributed by atoms with Gasteiger partial charge >= 0.3 is 0 Å². The molecule has 34 heavy (non-hydrogen) atoms. The molecule has 2 amide bonds. The van der Waals surface area contributed by atoms with E-state index in [1.54, 1.807) is 41.3 Å². The summed E-state index contributed by atoms with van der Waals surface area (Å²) in [4.78, 5) is 26.2. The third-order valence-electron chi connectivity index (χ3n) is 5.46. The molecule has 0 atom stereocenters. The highest BCUT2D eigenvalue weighted by atomic mass is 32.2. The highest BCUT2D eigenvalue weighted by Gasteiger charge is 2.21. The van der Waals surface area contributed by atoms with Gasteiger partial charge in [0.05, 0.1) is 18.4 Å². The Labute approximate surface area is 198 Å². The maximum Gasteiger partial charge on any atom is 0.261 e. The lowest BCUT2D eigenvalue weighted by Gasteiger charge is -2.16. The first-order valence-electron chi connectivity index (χ1n) is 10.8. The molecule has 0 aromatic heterocycles. The van der Waals surface area contributed by atoms with Crippen LogP contribution in [-0.4, -0.2) is 33.9 Å².